The molecule has 0 amide bonds. The number of nitrogens with zero attached hydrogens (tertiary/aromatic N) is 1. The highest BCUT2D eigenvalue weighted by atomic mass is 16.5. The summed E-state index contributed by atoms with van der Waals surface area (Å²) in [6.45, 7) is 0.671. The van der Waals surface area contributed by atoms with Crippen LogP contribution < -0.4 is 5.73 Å². The van der Waals surface area contributed by atoms with Crippen LogP contribution in [0.2, 0.25) is 0 Å². The normalized spacial score (nSPS) is 19.2. The van der Waals surface area contributed by atoms with Crippen LogP contribution in [-0.2, 0) is 4.74 Å². The molecule has 16 heavy (non-hydrogen) atoms. The lowest BCUT2D eigenvalue weighted by molar-refractivity contribution is -0.0629. The van der Waals surface area contributed by atoms with E-state index in [0.29, 0.717) is 12.4 Å². The Morgan fingerprint density at radius 3 is 2.56 bits per heavy atom. The first-order valence-electron chi connectivity index (χ1n) is 5.66. The van der Waals surface area contributed by atoms with E-state index in [0.717, 1.165) is 18.4 Å². The van der Waals surface area contributed by atoms with Crippen LogP contribution in [-0.4, -0.2) is 25.1 Å². The van der Waals surface area contributed by atoms with Crippen molar-refractivity contribution in [2.45, 2.75) is 24.9 Å². The summed E-state index contributed by atoms with van der Waals surface area (Å²) in [5.74, 6) is 0.601. The predicted molar refractivity (Wildman–Crippen MR) is 65.6 cm³/mol. The maximum atomic E-state index is 5.93. The third-order valence-corrected chi connectivity index (χ3v) is 3.30. The van der Waals surface area contributed by atoms with Crippen LogP contribution >= 0.6 is 0 Å². The van der Waals surface area contributed by atoms with E-state index < -0.39 is 0 Å². The summed E-state index contributed by atoms with van der Waals surface area (Å²) in [6, 6.07) is 9.85. The second kappa shape index (κ2) is 4.66. The Balaban J connectivity index is 2.02. The molecule has 1 aromatic rings. The Kier molecular flexibility index (Phi) is 3.25. The highest BCUT2D eigenvalue weighted by Crippen LogP contribution is 2.35. The number of amidine groups is 1. The van der Waals surface area contributed by atoms with Gasteiger partial charge in [0.1, 0.15) is 5.84 Å². The van der Waals surface area contributed by atoms with Crippen molar-refractivity contribution in [1.82, 2.24) is 0 Å². The second-order valence-corrected chi connectivity index (χ2v) is 4.31. The van der Waals surface area contributed by atoms with Gasteiger partial charge in [-0.3, -0.25) is 4.99 Å². The van der Waals surface area contributed by atoms with Crippen molar-refractivity contribution < 1.29 is 4.74 Å². The van der Waals surface area contributed by atoms with E-state index >= 15 is 0 Å². The zero-order valence-electron chi connectivity index (χ0n) is 9.65. The van der Waals surface area contributed by atoms with Gasteiger partial charge in [0.05, 0.1) is 12.1 Å². The Morgan fingerprint density at radius 2 is 2.06 bits per heavy atom. The summed E-state index contributed by atoms with van der Waals surface area (Å²) in [5.41, 5.74) is 6.87. The van der Waals surface area contributed by atoms with Crippen LogP contribution in [0.3, 0.4) is 0 Å². The third kappa shape index (κ3) is 2.25. The highest BCUT2D eigenvalue weighted by molar-refractivity contribution is 5.97. The predicted octanol–water partition coefficient (Wildman–Crippen LogP) is 1.96. The first-order chi connectivity index (χ1) is 7.76. The number of hydrogen-bond acceptors (Lipinski definition) is 2. The topological polar surface area (TPSA) is 47.6 Å². The van der Waals surface area contributed by atoms with E-state index in [1.165, 1.54) is 6.42 Å². The van der Waals surface area contributed by atoms with Crippen molar-refractivity contribution in [2.75, 3.05) is 13.7 Å². The molecule has 0 spiro atoms. The fourth-order valence-electron chi connectivity index (χ4n) is 1.93. The standard InChI is InChI=1S/C13H18N2O/c1-16-13(8-5-9-13)10-15-12(14)11-6-3-2-4-7-11/h2-4,6-7H,5,8-10H2,1H3,(H2,14,15). The molecule has 86 valence electrons. The van der Waals surface area contributed by atoms with Gasteiger partial charge in [0.25, 0.3) is 0 Å². The van der Waals surface area contributed by atoms with E-state index in [-0.39, 0.29) is 5.60 Å². The molecule has 3 heteroatoms. The quantitative estimate of drug-likeness (QED) is 0.620. The third-order valence-electron chi connectivity index (χ3n) is 3.30. The largest absolute Gasteiger partial charge is 0.384 e. The monoisotopic (exact) mass is 218 g/mol. The minimum atomic E-state index is -0.0423. The molecule has 1 fully saturated rings. The molecule has 2 N–H and O–H groups in total. The Morgan fingerprint density at radius 1 is 1.38 bits per heavy atom. The maximum absolute atomic E-state index is 5.93. The number of hydrogen-bond donors (Lipinski definition) is 1. The van der Waals surface area contributed by atoms with Gasteiger partial charge in [-0.2, -0.15) is 0 Å². The Labute approximate surface area is 96.3 Å². The van der Waals surface area contributed by atoms with Crippen molar-refractivity contribution in [1.29, 1.82) is 0 Å². The molecule has 0 bridgehead atoms. The number of aliphatic imine (C=N–C) groups is 1. The lowest BCUT2D eigenvalue weighted by Crippen LogP contribution is -2.42. The fourth-order valence-corrected chi connectivity index (χ4v) is 1.93. The molecule has 0 unspecified atom stereocenters. The summed E-state index contributed by atoms with van der Waals surface area (Å²) in [5, 5.41) is 0. The van der Waals surface area contributed by atoms with Crippen LogP contribution in [0, 0.1) is 0 Å². The van der Waals surface area contributed by atoms with Gasteiger partial charge in [-0.25, -0.2) is 0 Å². The molecule has 1 saturated carbocycles. The van der Waals surface area contributed by atoms with Crippen LogP contribution in [0.15, 0.2) is 35.3 Å². The van der Waals surface area contributed by atoms with Gasteiger partial charge in [-0.05, 0) is 19.3 Å². The van der Waals surface area contributed by atoms with Gasteiger partial charge in [0, 0.05) is 12.7 Å². The second-order valence-electron chi connectivity index (χ2n) is 4.31. The average molecular weight is 218 g/mol. The van der Waals surface area contributed by atoms with E-state index in [4.69, 9.17) is 10.5 Å². The van der Waals surface area contributed by atoms with Gasteiger partial charge in [-0.15, -0.1) is 0 Å². The van der Waals surface area contributed by atoms with Crippen LogP contribution in [0.4, 0.5) is 0 Å². The molecule has 0 atom stereocenters. The summed E-state index contributed by atoms with van der Waals surface area (Å²) in [6.07, 6.45) is 3.42. The van der Waals surface area contributed by atoms with Gasteiger partial charge in [0.15, 0.2) is 0 Å². The van der Waals surface area contributed by atoms with Crippen molar-refractivity contribution in [2.24, 2.45) is 10.7 Å². The summed E-state index contributed by atoms with van der Waals surface area (Å²) in [7, 11) is 1.76. The molecule has 0 saturated heterocycles. The zero-order valence-corrected chi connectivity index (χ0v) is 9.65. The van der Waals surface area contributed by atoms with E-state index in [1.807, 2.05) is 30.3 Å². The van der Waals surface area contributed by atoms with Gasteiger partial charge < -0.3 is 10.5 Å². The highest BCUT2D eigenvalue weighted by Gasteiger charge is 2.36. The lowest BCUT2D eigenvalue weighted by atomic mass is 9.80. The summed E-state index contributed by atoms with van der Waals surface area (Å²) < 4.78 is 5.50. The van der Waals surface area contributed by atoms with Crippen molar-refractivity contribution >= 4 is 5.84 Å². The Hall–Kier alpha value is -1.35. The molecule has 0 aromatic heterocycles. The maximum Gasteiger partial charge on any atom is 0.125 e. The number of rotatable bonds is 4. The van der Waals surface area contributed by atoms with Gasteiger partial charge in [0.2, 0.25) is 0 Å². The smallest absolute Gasteiger partial charge is 0.125 e. The summed E-state index contributed by atoms with van der Waals surface area (Å²) in [4.78, 5) is 4.43. The SMILES string of the molecule is COC1(CN=C(N)c2ccccc2)CCC1. The molecule has 1 aromatic carbocycles. The van der Waals surface area contributed by atoms with Crippen molar-refractivity contribution in [3.05, 3.63) is 35.9 Å². The lowest BCUT2D eigenvalue weighted by Gasteiger charge is -2.39. The van der Waals surface area contributed by atoms with Gasteiger partial charge >= 0.3 is 0 Å². The van der Waals surface area contributed by atoms with Crippen molar-refractivity contribution in [3.8, 4) is 0 Å². The molecule has 0 heterocycles. The van der Waals surface area contributed by atoms with E-state index in [9.17, 15) is 0 Å². The minimum Gasteiger partial charge on any atom is -0.384 e. The molecule has 1 aliphatic carbocycles. The first-order valence-corrected chi connectivity index (χ1v) is 5.66. The molecule has 0 radical (unpaired) electrons. The Bertz CT molecular complexity index is 363. The fraction of sp³-hybridized carbons (Fsp3) is 0.462. The van der Waals surface area contributed by atoms with Crippen LogP contribution in [0.5, 0.6) is 0 Å². The number of ether oxygens (including phenoxy) is 1. The molecule has 1 aliphatic rings. The number of methoxy groups -OCH3 is 1. The number of nitrogens with two attached hydrogens (primary N) is 1. The average Bonchev–Trinajstić information content (AvgIpc) is 2.29. The molecule has 2 rings (SSSR count). The minimum absolute atomic E-state index is 0.0423. The van der Waals surface area contributed by atoms with E-state index in [2.05, 4.69) is 4.99 Å². The zero-order chi connectivity index (χ0) is 11.4. The van der Waals surface area contributed by atoms with E-state index in [1.54, 1.807) is 7.11 Å². The molecule has 0 aliphatic heterocycles. The summed E-state index contributed by atoms with van der Waals surface area (Å²) >= 11 is 0. The molecular weight excluding hydrogens is 200 g/mol. The number of benzene rings is 1. The molecule has 3 nitrogen and oxygen atoms in total. The van der Waals surface area contributed by atoms with Crippen molar-refractivity contribution in [3.63, 3.8) is 0 Å². The van der Waals surface area contributed by atoms with Gasteiger partial charge in [-0.1, -0.05) is 30.3 Å². The van der Waals surface area contributed by atoms with Crippen LogP contribution in [0.1, 0.15) is 24.8 Å². The van der Waals surface area contributed by atoms with Crippen LogP contribution in [0.25, 0.3) is 0 Å². The molecular formula is C13H18N2O. The first kappa shape index (κ1) is 11.1.